The van der Waals surface area contributed by atoms with E-state index in [-0.39, 0.29) is 18.6 Å². The van der Waals surface area contributed by atoms with Crippen molar-refractivity contribution in [3.63, 3.8) is 0 Å². The highest BCUT2D eigenvalue weighted by molar-refractivity contribution is 7.88. The van der Waals surface area contributed by atoms with Gasteiger partial charge < -0.3 is 4.90 Å². The first-order chi connectivity index (χ1) is 14.3. The summed E-state index contributed by atoms with van der Waals surface area (Å²) in [5.74, 6) is 2.18. The topological polar surface area (TPSA) is 119 Å². The minimum atomic E-state index is -3.34. The Kier molecular flexibility index (Phi) is 5.24. The average molecular weight is 429 g/mol. The first-order valence-electron chi connectivity index (χ1n) is 9.73. The Morgan fingerprint density at radius 2 is 2.07 bits per heavy atom. The van der Waals surface area contributed by atoms with E-state index in [0.29, 0.717) is 11.4 Å². The van der Waals surface area contributed by atoms with Crippen molar-refractivity contribution in [1.29, 1.82) is 0 Å². The van der Waals surface area contributed by atoms with Crippen LogP contribution in [-0.4, -0.2) is 50.4 Å². The highest BCUT2D eigenvalue weighted by atomic mass is 32.2. The Bertz CT molecular complexity index is 1170. The number of aromatic nitrogens is 6. The maximum atomic E-state index is 11.5. The van der Waals surface area contributed by atoms with E-state index in [4.69, 9.17) is 4.98 Å². The summed E-state index contributed by atoms with van der Waals surface area (Å²) < 4.78 is 27.5. The van der Waals surface area contributed by atoms with E-state index in [1.54, 1.807) is 31.0 Å². The molecule has 1 N–H and O–H groups in total. The van der Waals surface area contributed by atoms with Gasteiger partial charge in [-0.05, 0) is 31.9 Å². The van der Waals surface area contributed by atoms with Gasteiger partial charge in [-0.3, -0.25) is 9.55 Å². The molecule has 4 rings (SSSR count). The maximum Gasteiger partial charge on any atom is 0.209 e. The van der Waals surface area contributed by atoms with E-state index in [9.17, 15) is 8.42 Å². The van der Waals surface area contributed by atoms with Gasteiger partial charge in [0.15, 0.2) is 17.5 Å². The summed E-state index contributed by atoms with van der Waals surface area (Å²) in [5.41, 5.74) is 2.25. The molecule has 3 aromatic heterocycles. The summed E-state index contributed by atoms with van der Waals surface area (Å²) in [4.78, 5) is 15.8. The van der Waals surface area contributed by atoms with E-state index < -0.39 is 10.0 Å². The van der Waals surface area contributed by atoms with Crippen molar-refractivity contribution in [2.45, 2.75) is 45.8 Å². The van der Waals surface area contributed by atoms with E-state index in [2.05, 4.69) is 50.6 Å². The van der Waals surface area contributed by atoms with E-state index in [1.807, 2.05) is 4.57 Å². The van der Waals surface area contributed by atoms with Crippen molar-refractivity contribution >= 4 is 15.8 Å². The van der Waals surface area contributed by atoms with Crippen LogP contribution < -0.4 is 9.62 Å². The lowest BCUT2D eigenvalue weighted by Crippen LogP contribution is -2.40. The molecule has 0 aromatic carbocycles. The third kappa shape index (κ3) is 3.65. The first kappa shape index (κ1) is 20.4. The number of pyridine rings is 1. The lowest BCUT2D eigenvalue weighted by atomic mass is 10.1. The van der Waals surface area contributed by atoms with Crippen LogP contribution in [0.1, 0.15) is 44.6 Å². The SMILES string of the molecule is CCC1c2nncn2-c2cnc(-c3ccncc3CNS(C)(=O)=O)nc2N1C(C)C. The Morgan fingerprint density at radius 1 is 1.27 bits per heavy atom. The second kappa shape index (κ2) is 7.73. The summed E-state index contributed by atoms with van der Waals surface area (Å²) in [6, 6.07) is 2.03. The van der Waals surface area contributed by atoms with Gasteiger partial charge in [0.1, 0.15) is 12.0 Å². The molecule has 0 fully saturated rings. The predicted octanol–water partition coefficient (Wildman–Crippen LogP) is 1.85. The van der Waals surface area contributed by atoms with Crippen molar-refractivity contribution in [1.82, 2.24) is 34.4 Å². The molecular formula is C19H24N8O2S. The highest BCUT2D eigenvalue weighted by Crippen LogP contribution is 2.39. The van der Waals surface area contributed by atoms with Gasteiger partial charge in [-0.15, -0.1) is 10.2 Å². The molecule has 0 radical (unpaired) electrons. The van der Waals surface area contributed by atoms with Gasteiger partial charge >= 0.3 is 0 Å². The summed E-state index contributed by atoms with van der Waals surface area (Å²) in [6.07, 6.45) is 8.71. The van der Waals surface area contributed by atoms with Gasteiger partial charge in [-0.2, -0.15) is 0 Å². The predicted molar refractivity (Wildman–Crippen MR) is 113 cm³/mol. The summed E-state index contributed by atoms with van der Waals surface area (Å²) in [6.45, 7) is 6.47. The van der Waals surface area contributed by atoms with Crippen LogP contribution >= 0.6 is 0 Å². The van der Waals surface area contributed by atoms with Crippen molar-refractivity contribution in [3.05, 3.63) is 42.4 Å². The van der Waals surface area contributed by atoms with Crippen LogP contribution in [0.4, 0.5) is 5.82 Å². The number of rotatable bonds is 6. The molecule has 10 nitrogen and oxygen atoms in total. The molecule has 1 atom stereocenters. The monoisotopic (exact) mass is 428 g/mol. The van der Waals surface area contributed by atoms with Gasteiger partial charge in [-0.1, -0.05) is 6.92 Å². The molecule has 3 aromatic rings. The normalized spacial score (nSPS) is 15.9. The number of nitrogens with one attached hydrogen (secondary N) is 1. The zero-order chi connectivity index (χ0) is 21.5. The number of nitrogens with zero attached hydrogens (tertiary/aromatic N) is 7. The summed E-state index contributed by atoms with van der Waals surface area (Å²) >= 11 is 0. The summed E-state index contributed by atoms with van der Waals surface area (Å²) in [7, 11) is -3.34. The minimum absolute atomic E-state index is 0.0477. The Balaban J connectivity index is 1.83. The Labute approximate surface area is 175 Å². The number of anilines is 1. The van der Waals surface area contributed by atoms with Gasteiger partial charge in [0.2, 0.25) is 10.0 Å². The average Bonchev–Trinajstić information content (AvgIpc) is 3.20. The standard InChI is InChI=1S/C19H24N8O2S/c1-5-15-19-25-22-11-26(19)16-10-21-17(24-18(16)27(15)12(2)3)14-6-7-20-8-13(14)9-23-30(4,28)29/h6-8,10-12,15,23H,5,9H2,1-4H3. The van der Waals surface area contributed by atoms with Gasteiger partial charge in [0.05, 0.1) is 18.5 Å². The number of sulfonamides is 1. The van der Waals surface area contributed by atoms with Crippen LogP contribution in [-0.2, 0) is 16.6 Å². The largest absolute Gasteiger partial charge is 0.342 e. The number of fused-ring (bicyclic) bond motifs is 3. The molecule has 30 heavy (non-hydrogen) atoms. The van der Waals surface area contributed by atoms with Crippen LogP contribution in [0.2, 0.25) is 0 Å². The molecular weight excluding hydrogens is 404 g/mol. The lowest BCUT2D eigenvalue weighted by molar-refractivity contribution is 0.497. The van der Waals surface area contributed by atoms with Crippen LogP contribution in [0.3, 0.4) is 0 Å². The molecule has 11 heteroatoms. The van der Waals surface area contributed by atoms with Crippen molar-refractivity contribution in [2.75, 3.05) is 11.2 Å². The molecule has 1 aliphatic rings. The molecule has 4 heterocycles. The van der Waals surface area contributed by atoms with Crippen molar-refractivity contribution < 1.29 is 8.42 Å². The molecule has 0 spiro atoms. The van der Waals surface area contributed by atoms with Gasteiger partial charge in [-0.25, -0.2) is 23.1 Å². The van der Waals surface area contributed by atoms with Crippen LogP contribution in [0, 0.1) is 0 Å². The zero-order valence-corrected chi connectivity index (χ0v) is 18.1. The second-order valence-electron chi connectivity index (χ2n) is 7.51. The van der Waals surface area contributed by atoms with E-state index >= 15 is 0 Å². The molecule has 1 aliphatic heterocycles. The van der Waals surface area contributed by atoms with Crippen LogP contribution in [0.5, 0.6) is 0 Å². The van der Waals surface area contributed by atoms with E-state index in [1.165, 1.54) is 0 Å². The van der Waals surface area contributed by atoms with Gasteiger partial charge in [0.25, 0.3) is 0 Å². The quantitative estimate of drug-likeness (QED) is 0.632. The second-order valence-corrected chi connectivity index (χ2v) is 9.35. The molecule has 0 saturated heterocycles. The number of hydrogen-bond donors (Lipinski definition) is 1. The van der Waals surface area contributed by atoms with Crippen molar-refractivity contribution in [3.8, 4) is 17.1 Å². The van der Waals surface area contributed by atoms with Crippen molar-refractivity contribution in [2.24, 2.45) is 0 Å². The molecule has 0 saturated carbocycles. The fourth-order valence-corrected chi connectivity index (χ4v) is 4.18. The smallest absolute Gasteiger partial charge is 0.209 e. The molecule has 0 amide bonds. The van der Waals surface area contributed by atoms with Gasteiger partial charge in [0, 0.05) is 30.5 Å². The Morgan fingerprint density at radius 3 is 2.77 bits per heavy atom. The fraction of sp³-hybridized carbons (Fsp3) is 0.421. The third-order valence-electron chi connectivity index (χ3n) is 5.07. The van der Waals surface area contributed by atoms with Crippen LogP contribution in [0.15, 0.2) is 31.0 Å². The maximum absolute atomic E-state index is 11.5. The Hall–Kier alpha value is -2.92. The zero-order valence-electron chi connectivity index (χ0n) is 17.3. The van der Waals surface area contributed by atoms with Crippen LogP contribution in [0.25, 0.3) is 17.1 Å². The molecule has 0 aliphatic carbocycles. The number of hydrogen-bond acceptors (Lipinski definition) is 8. The van der Waals surface area contributed by atoms with E-state index in [0.717, 1.165) is 35.6 Å². The fourth-order valence-electron chi connectivity index (χ4n) is 3.76. The minimum Gasteiger partial charge on any atom is -0.342 e. The lowest BCUT2D eigenvalue weighted by Gasteiger charge is -2.39. The summed E-state index contributed by atoms with van der Waals surface area (Å²) in [5, 5.41) is 8.42. The first-order valence-corrected chi connectivity index (χ1v) is 11.6. The highest BCUT2D eigenvalue weighted by Gasteiger charge is 2.35. The molecule has 158 valence electrons. The molecule has 1 unspecified atom stereocenters. The molecule has 0 bridgehead atoms. The third-order valence-corrected chi connectivity index (χ3v) is 5.74.